The third-order valence-corrected chi connectivity index (χ3v) is 3.01. The Kier molecular flexibility index (Phi) is 4.54. The molecule has 2 rings (SSSR count). The lowest BCUT2D eigenvalue weighted by Gasteiger charge is -2.05. The maximum absolute atomic E-state index is 5.82. The summed E-state index contributed by atoms with van der Waals surface area (Å²) in [5, 5.41) is 4.10. The van der Waals surface area contributed by atoms with E-state index in [9.17, 15) is 0 Å². The molecule has 2 nitrogen and oxygen atoms in total. The third kappa shape index (κ3) is 4.11. The van der Waals surface area contributed by atoms with Crippen LogP contribution in [0.15, 0.2) is 47.1 Å². The number of nitrogens with zero attached hydrogens (tertiary/aromatic N) is 1. The quantitative estimate of drug-likeness (QED) is 0.869. The number of nitrogens with one attached hydrogen (secondary N) is 1. The van der Waals surface area contributed by atoms with Crippen LogP contribution in [0.1, 0.15) is 11.3 Å². The fourth-order valence-electron chi connectivity index (χ4n) is 1.49. The molecule has 1 N–H and O–H groups in total. The van der Waals surface area contributed by atoms with Gasteiger partial charge in [0.15, 0.2) is 0 Å². The van der Waals surface area contributed by atoms with E-state index in [0.29, 0.717) is 0 Å². The molecular weight excluding hydrogens is 300 g/mol. The van der Waals surface area contributed by atoms with Crippen molar-refractivity contribution in [2.24, 2.45) is 0 Å². The van der Waals surface area contributed by atoms with Crippen molar-refractivity contribution in [3.8, 4) is 0 Å². The normalized spacial score (nSPS) is 10.5. The first kappa shape index (κ1) is 12.6. The molecule has 0 aliphatic rings. The van der Waals surface area contributed by atoms with Gasteiger partial charge in [-0.15, -0.1) is 0 Å². The third-order valence-electron chi connectivity index (χ3n) is 2.32. The Morgan fingerprint density at radius 1 is 1.06 bits per heavy atom. The highest BCUT2D eigenvalue weighted by atomic mass is 79.9. The summed E-state index contributed by atoms with van der Waals surface area (Å²) in [6.07, 6.45) is 0. The SMILES string of the molecule is Clc1ccc(CNCc2cccc(Br)n2)cc1. The van der Waals surface area contributed by atoms with Crippen molar-refractivity contribution in [2.75, 3.05) is 0 Å². The van der Waals surface area contributed by atoms with Crippen LogP contribution in [0.5, 0.6) is 0 Å². The highest BCUT2D eigenvalue weighted by Gasteiger charge is 1.96. The standard InChI is InChI=1S/C13H12BrClN2/c14-13-3-1-2-12(17-13)9-16-8-10-4-6-11(15)7-5-10/h1-7,16H,8-9H2. The fraction of sp³-hybridized carbons (Fsp3) is 0.154. The molecule has 0 atom stereocenters. The number of halogens is 2. The van der Waals surface area contributed by atoms with E-state index in [0.717, 1.165) is 28.4 Å². The van der Waals surface area contributed by atoms with E-state index in [1.54, 1.807) is 0 Å². The molecule has 0 aliphatic heterocycles. The molecule has 0 saturated carbocycles. The largest absolute Gasteiger partial charge is 0.307 e. The molecule has 0 spiro atoms. The summed E-state index contributed by atoms with van der Waals surface area (Å²) in [6.45, 7) is 1.56. The summed E-state index contributed by atoms with van der Waals surface area (Å²) in [4.78, 5) is 4.35. The lowest BCUT2D eigenvalue weighted by molar-refractivity contribution is 0.678. The second-order valence-electron chi connectivity index (χ2n) is 3.68. The van der Waals surface area contributed by atoms with Gasteiger partial charge in [0, 0.05) is 18.1 Å². The summed E-state index contributed by atoms with van der Waals surface area (Å²) >= 11 is 9.18. The van der Waals surface area contributed by atoms with E-state index >= 15 is 0 Å². The van der Waals surface area contributed by atoms with Crippen molar-refractivity contribution in [1.29, 1.82) is 0 Å². The number of hydrogen-bond acceptors (Lipinski definition) is 2. The molecule has 88 valence electrons. The smallest absolute Gasteiger partial charge is 0.106 e. The molecule has 0 saturated heterocycles. The van der Waals surface area contributed by atoms with Gasteiger partial charge in [-0.05, 0) is 45.8 Å². The number of aromatic nitrogens is 1. The first-order valence-corrected chi connectivity index (χ1v) is 6.48. The van der Waals surface area contributed by atoms with Gasteiger partial charge in [-0.1, -0.05) is 29.8 Å². The molecule has 17 heavy (non-hydrogen) atoms. The molecule has 0 fully saturated rings. The molecule has 0 unspecified atom stereocenters. The van der Waals surface area contributed by atoms with Crippen molar-refractivity contribution in [2.45, 2.75) is 13.1 Å². The highest BCUT2D eigenvalue weighted by Crippen LogP contribution is 2.10. The van der Waals surface area contributed by atoms with Crippen LogP contribution in [0, 0.1) is 0 Å². The van der Waals surface area contributed by atoms with Crippen molar-refractivity contribution >= 4 is 27.5 Å². The van der Waals surface area contributed by atoms with Crippen LogP contribution in [0.2, 0.25) is 5.02 Å². The van der Waals surface area contributed by atoms with Crippen LogP contribution in [-0.2, 0) is 13.1 Å². The Morgan fingerprint density at radius 3 is 2.53 bits per heavy atom. The van der Waals surface area contributed by atoms with E-state index in [2.05, 4.69) is 26.2 Å². The maximum atomic E-state index is 5.82. The highest BCUT2D eigenvalue weighted by molar-refractivity contribution is 9.10. The zero-order chi connectivity index (χ0) is 12.1. The number of pyridine rings is 1. The van der Waals surface area contributed by atoms with Crippen molar-refractivity contribution in [1.82, 2.24) is 10.3 Å². The van der Waals surface area contributed by atoms with Crippen molar-refractivity contribution in [3.05, 3.63) is 63.3 Å². The van der Waals surface area contributed by atoms with Gasteiger partial charge in [0.1, 0.15) is 4.60 Å². The van der Waals surface area contributed by atoms with Crippen molar-refractivity contribution < 1.29 is 0 Å². The molecule has 1 heterocycles. The first-order valence-electron chi connectivity index (χ1n) is 5.30. The predicted octanol–water partition coefficient (Wildman–Crippen LogP) is 3.79. The van der Waals surface area contributed by atoms with Gasteiger partial charge in [-0.2, -0.15) is 0 Å². The number of rotatable bonds is 4. The van der Waals surface area contributed by atoms with Gasteiger partial charge in [-0.25, -0.2) is 4.98 Å². The van der Waals surface area contributed by atoms with Crippen LogP contribution in [-0.4, -0.2) is 4.98 Å². The summed E-state index contributed by atoms with van der Waals surface area (Å²) in [6, 6.07) is 13.7. The van der Waals surface area contributed by atoms with Crippen LogP contribution in [0.3, 0.4) is 0 Å². The van der Waals surface area contributed by atoms with Gasteiger partial charge >= 0.3 is 0 Å². The van der Waals surface area contributed by atoms with Crippen LogP contribution in [0.4, 0.5) is 0 Å². The van der Waals surface area contributed by atoms with Gasteiger partial charge < -0.3 is 5.32 Å². The van der Waals surface area contributed by atoms with Crippen LogP contribution < -0.4 is 5.32 Å². The lowest BCUT2D eigenvalue weighted by Crippen LogP contribution is -2.13. The van der Waals surface area contributed by atoms with E-state index < -0.39 is 0 Å². The molecular formula is C13H12BrClN2. The molecule has 1 aromatic carbocycles. The van der Waals surface area contributed by atoms with Crippen molar-refractivity contribution in [3.63, 3.8) is 0 Å². The van der Waals surface area contributed by atoms with Gasteiger partial charge in [0.25, 0.3) is 0 Å². The summed E-state index contributed by atoms with van der Waals surface area (Å²) in [5.74, 6) is 0. The molecule has 0 amide bonds. The van der Waals surface area contributed by atoms with E-state index in [4.69, 9.17) is 11.6 Å². The molecule has 0 radical (unpaired) electrons. The lowest BCUT2D eigenvalue weighted by atomic mass is 10.2. The molecule has 1 aromatic heterocycles. The zero-order valence-corrected chi connectivity index (χ0v) is 11.5. The fourth-order valence-corrected chi connectivity index (χ4v) is 1.99. The monoisotopic (exact) mass is 310 g/mol. The molecule has 2 aromatic rings. The van der Waals surface area contributed by atoms with Gasteiger partial charge in [-0.3, -0.25) is 0 Å². The molecule has 0 aliphatic carbocycles. The Hall–Kier alpha value is -0.900. The van der Waals surface area contributed by atoms with E-state index in [1.807, 2.05) is 42.5 Å². The van der Waals surface area contributed by atoms with E-state index in [-0.39, 0.29) is 0 Å². The molecule has 4 heteroatoms. The number of hydrogen-bond donors (Lipinski definition) is 1. The predicted molar refractivity (Wildman–Crippen MR) is 73.9 cm³/mol. The average Bonchev–Trinajstić information content (AvgIpc) is 2.32. The van der Waals surface area contributed by atoms with Gasteiger partial charge in [0.2, 0.25) is 0 Å². The Balaban J connectivity index is 1.85. The van der Waals surface area contributed by atoms with Gasteiger partial charge in [0.05, 0.1) is 5.69 Å². The minimum Gasteiger partial charge on any atom is -0.307 e. The zero-order valence-electron chi connectivity index (χ0n) is 9.16. The summed E-state index contributed by atoms with van der Waals surface area (Å²) < 4.78 is 0.864. The van der Waals surface area contributed by atoms with Crippen LogP contribution in [0.25, 0.3) is 0 Å². The number of benzene rings is 1. The summed E-state index contributed by atoms with van der Waals surface area (Å²) in [7, 11) is 0. The maximum Gasteiger partial charge on any atom is 0.106 e. The Morgan fingerprint density at radius 2 is 1.82 bits per heavy atom. The minimum atomic E-state index is 0.752. The molecule has 0 bridgehead atoms. The Labute approximate surface area is 114 Å². The minimum absolute atomic E-state index is 0.752. The topological polar surface area (TPSA) is 24.9 Å². The second kappa shape index (κ2) is 6.15. The van der Waals surface area contributed by atoms with Crippen LogP contribution >= 0.6 is 27.5 Å². The first-order chi connectivity index (χ1) is 8.24. The Bertz CT molecular complexity index is 485. The average molecular weight is 312 g/mol. The van der Waals surface area contributed by atoms with E-state index in [1.165, 1.54) is 5.56 Å². The second-order valence-corrected chi connectivity index (χ2v) is 4.93. The summed E-state index contributed by atoms with van der Waals surface area (Å²) in [5.41, 5.74) is 2.23.